The molecule has 8 nitrogen and oxygen atoms in total. The van der Waals surface area contributed by atoms with Gasteiger partial charge in [0.2, 0.25) is 11.8 Å². The van der Waals surface area contributed by atoms with E-state index in [2.05, 4.69) is 29.8 Å². The molecule has 3 N–H and O–H groups in total. The topological polar surface area (TPSA) is 108 Å². The monoisotopic (exact) mass is 398 g/mol. The van der Waals surface area contributed by atoms with Crippen molar-refractivity contribution in [3.63, 3.8) is 0 Å². The number of rotatable bonds is 5. The number of imide groups is 2. The molecule has 154 valence electrons. The van der Waals surface area contributed by atoms with Crippen LogP contribution in [0, 0.1) is 5.92 Å². The summed E-state index contributed by atoms with van der Waals surface area (Å²) in [7, 11) is 0. The zero-order valence-electron chi connectivity index (χ0n) is 16.7. The molecule has 3 aliphatic heterocycles. The lowest BCUT2D eigenvalue weighted by Crippen LogP contribution is -2.54. The van der Waals surface area contributed by atoms with E-state index >= 15 is 0 Å². The Morgan fingerprint density at radius 1 is 1.10 bits per heavy atom. The summed E-state index contributed by atoms with van der Waals surface area (Å²) in [4.78, 5) is 50.2. The lowest BCUT2D eigenvalue weighted by atomic mass is 9.97. The van der Waals surface area contributed by atoms with E-state index < -0.39 is 23.8 Å². The third kappa shape index (κ3) is 3.58. The van der Waals surface area contributed by atoms with E-state index in [-0.39, 0.29) is 18.7 Å². The molecule has 2 saturated heterocycles. The summed E-state index contributed by atoms with van der Waals surface area (Å²) in [5.41, 5.74) is 1.56. The first-order valence-corrected chi connectivity index (χ1v) is 10.2. The Hall–Kier alpha value is -2.58. The summed E-state index contributed by atoms with van der Waals surface area (Å²) in [6.07, 6.45) is 1.33. The van der Waals surface area contributed by atoms with Crippen LogP contribution in [-0.4, -0.2) is 53.2 Å². The Morgan fingerprint density at radius 3 is 2.59 bits per heavy atom. The first-order chi connectivity index (χ1) is 13.9. The van der Waals surface area contributed by atoms with E-state index in [0.717, 1.165) is 23.4 Å². The fraction of sp³-hybridized carbons (Fsp3) is 0.524. The molecule has 0 saturated carbocycles. The van der Waals surface area contributed by atoms with Crippen molar-refractivity contribution in [3.8, 4) is 0 Å². The highest BCUT2D eigenvalue weighted by Crippen LogP contribution is 2.28. The molecule has 0 spiro atoms. The minimum absolute atomic E-state index is 0.116. The van der Waals surface area contributed by atoms with Gasteiger partial charge >= 0.3 is 0 Å². The highest BCUT2D eigenvalue weighted by molar-refractivity contribution is 6.23. The summed E-state index contributed by atoms with van der Waals surface area (Å²) in [6.45, 7) is 5.98. The van der Waals surface area contributed by atoms with Gasteiger partial charge < -0.3 is 10.6 Å². The van der Waals surface area contributed by atoms with Crippen LogP contribution < -0.4 is 16.0 Å². The van der Waals surface area contributed by atoms with Crippen LogP contribution in [0.25, 0.3) is 0 Å². The Bertz CT molecular complexity index is 881. The lowest BCUT2D eigenvalue weighted by Gasteiger charge is -2.27. The van der Waals surface area contributed by atoms with E-state index in [0.29, 0.717) is 35.7 Å². The van der Waals surface area contributed by atoms with Crippen LogP contribution in [-0.2, 0) is 16.1 Å². The number of carbonyl (C=O) groups excluding carboxylic acids is 4. The maximum Gasteiger partial charge on any atom is 0.262 e. The molecule has 0 radical (unpaired) electrons. The maximum absolute atomic E-state index is 12.9. The summed E-state index contributed by atoms with van der Waals surface area (Å²) < 4.78 is 0. The molecule has 3 heterocycles. The molecule has 29 heavy (non-hydrogen) atoms. The smallest absolute Gasteiger partial charge is 0.262 e. The van der Waals surface area contributed by atoms with Gasteiger partial charge in [-0.25, -0.2) is 0 Å². The van der Waals surface area contributed by atoms with Gasteiger partial charge in [0.25, 0.3) is 11.8 Å². The standard InChI is InChI=1S/C21H26N4O4/c1-11(2)18-15(7-8-22-18)23-10-12-3-4-13-14(9-12)21(29)25(20(13)28)16-5-6-17(26)24-19(16)27/h3-4,9,11,15-16,18,22-23H,5-8,10H2,1-2H3,(H,24,26,27)/t15-,16?,18+/m1/s1. The molecular formula is C21H26N4O4. The molecule has 0 bridgehead atoms. The van der Waals surface area contributed by atoms with E-state index in [9.17, 15) is 19.2 Å². The molecule has 4 amide bonds. The molecular weight excluding hydrogens is 372 g/mol. The zero-order valence-corrected chi connectivity index (χ0v) is 16.7. The van der Waals surface area contributed by atoms with Crippen molar-refractivity contribution in [1.29, 1.82) is 0 Å². The Balaban J connectivity index is 1.48. The largest absolute Gasteiger partial charge is 0.312 e. The molecule has 1 aromatic rings. The SMILES string of the molecule is CC(C)[C@@H]1NCC[C@H]1NCc1ccc2c(c1)C(=O)N(C1CCC(=O)NC1=O)C2=O. The summed E-state index contributed by atoms with van der Waals surface area (Å²) in [5.74, 6) is -1.39. The molecule has 1 aromatic carbocycles. The highest BCUT2D eigenvalue weighted by Gasteiger charge is 2.44. The second-order valence-corrected chi connectivity index (χ2v) is 8.33. The molecule has 4 rings (SSSR count). The van der Waals surface area contributed by atoms with Gasteiger partial charge in [-0.15, -0.1) is 0 Å². The van der Waals surface area contributed by atoms with Gasteiger partial charge in [0.05, 0.1) is 11.1 Å². The van der Waals surface area contributed by atoms with Gasteiger partial charge in [-0.2, -0.15) is 0 Å². The Labute approximate surface area is 169 Å². The van der Waals surface area contributed by atoms with Crippen molar-refractivity contribution in [2.24, 2.45) is 5.92 Å². The molecule has 3 aliphatic rings. The number of nitrogens with one attached hydrogen (secondary N) is 3. The van der Waals surface area contributed by atoms with Gasteiger partial charge in [-0.3, -0.25) is 29.4 Å². The van der Waals surface area contributed by atoms with Crippen molar-refractivity contribution < 1.29 is 19.2 Å². The Morgan fingerprint density at radius 2 is 1.86 bits per heavy atom. The van der Waals surface area contributed by atoms with Crippen molar-refractivity contribution in [2.45, 2.75) is 57.8 Å². The predicted molar refractivity (Wildman–Crippen MR) is 105 cm³/mol. The number of piperidine rings is 1. The number of amides is 4. The van der Waals surface area contributed by atoms with Gasteiger partial charge in [0.1, 0.15) is 6.04 Å². The molecule has 3 atom stereocenters. The van der Waals surface area contributed by atoms with Gasteiger partial charge in [-0.05, 0) is 43.0 Å². The fourth-order valence-corrected chi connectivity index (χ4v) is 4.53. The van der Waals surface area contributed by atoms with Crippen molar-refractivity contribution >= 4 is 23.6 Å². The van der Waals surface area contributed by atoms with Crippen molar-refractivity contribution in [3.05, 3.63) is 34.9 Å². The molecule has 2 fully saturated rings. The molecule has 8 heteroatoms. The molecule has 1 unspecified atom stereocenters. The van der Waals surface area contributed by atoms with Crippen LogP contribution in [0.15, 0.2) is 18.2 Å². The normalized spacial score (nSPS) is 27.0. The number of carbonyl (C=O) groups is 4. The Kier molecular flexibility index (Phi) is 5.23. The van der Waals surface area contributed by atoms with E-state index in [1.54, 1.807) is 12.1 Å². The number of benzene rings is 1. The van der Waals surface area contributed by atoms with Gasteiger partial charge in [-0.1, -0.05) is 19.9 Å². The first-order valence-electron chi connectivity index (χ1n) is 10.2. The molecule has 0 aliphatic carbocycles. The first kappa shape index (κ1) is 19.7. The van der Waals surface area contributed by atoms with Crippen LogP contribution in [0.1, 0.15) is 59.4 Å². The third-order valence-electron chi connectivity index (χ3n) is 6.06. The van der Waals surface area contributed by atoms with Gasteiger partial charge in [0.15, 0.2) is 0 Å². The minimum Gasteiger partial charge on any atom is -0.312 e. The third-order valence-corrected chi connectivity index (χ3v) is 6.06. The lowest BCUT2D eigenvalue weighted by molar-refractivity contribution is -0.136. The number of nitrogens with zero attached hydrogens (tertiary/aromatic N) is 1. The zero-order chi connectivity index (χ0) is 20.7. The fourth-order valence-electron chi connectivity index (χ4n) is 4.53. The summed E-state index contributed by atoms with van der Waals surface area (Å²) in [6, 6.07) is 5.08. The number of hydrogen-bond donors (Lipinski definition) is 3. The van der Waals surface area contributed by atoms with E-state index in [1.165, 1.54) is 0 Å². The summed E-state index contributed by atoms with van der Waals surface area (Å²) in [5, 5.41) is 9.29. The van der Waals surface area contributed by atoms with Crippen LogP contribution in [0.2, 0.25) is 0 Å². The second kappa shape index (κ2) is 7.68. The van der Waals surface area contributed by atoms with Crippen LogP contribution in [0.4, 0.5) is 0 Å². The van der Waals surface area contributed by atoms with Crippen LogP contribution >= 0.6 is 0 Å². The van der Waals surface area contributed by atoms with Crippen molar-refractivity contribution in [2.75, 3.05) is 6.54 Å². The predicted octanol–water partition coefficient (Wildman–Crippen LogP) is 0.564. The van der Waals surface area contributed by atoms with Gasteiger partial charge in [0, 0.05) is 25.0 Å². The molecule has 0 aromatic heterocycles. The number of hydrogen-bond acceptors (Lipinski definition) is 6. The average Bonchev–Trinajstić information content (AvgIpc) is 3.25. The van der Waals surface area contributed by atoms with Crippen LogP contribution in [0.5, 0.6) is 0 Å². The summed E-state index contributed by atoms with van der Waals surface area (Å²) >= 11 is 0. The van der Waals surface area contributed by atoms with E-state index in [4.69, 9.17) is 0 Å². The quantitative estimate of drug-likeness (QED) is 0.626. The second-order valence-electron chi connectivity index (χ2n) is 8.33. The number of fused-ring (bicyclic) bond motifs is 1. The average molecular weight is 398 g/mol. The maximum atomic E-state index is 12.9. The van der Waals surface area contributed by atoms with E-state index in [1.807, 2.05) is 6.07 Å². The van der Waals surface area contributed by atoms with Crippen molar-refractivity contribution in [1.82, 2.24) is 20.9 Å². The van der Waals surface area contributed by atoms with Crippen LogP contribution in [0.3, 0.4) is 0 Å². The minimum atomic E-state index is -0.932. The highest BCUT2D eigenvalue weighted by atomic mass is 16.2.